The Balaban J connectivity index is 1.87. The predicted molar refractivity (Wildman–Crippen MR) is 78.0 cm³/mol. The van der Waals surface area contributed by atoms with Crippen molar-refractivity contribution in [1.82, 2.24) is 9.97 Å². The summed E-state index contributed by atoms with van der Waals surface area (Å²) in [4.78, 5) is 10.2. The SMILES string of the molecule is Nc1ncccc1-c1nc2c(s1)Cc1ccccc1-2. The van der Waals surface area contributed by atoms with Crippen LogP contribution >= 0.6 is 11.3 Å². The highest BCUT2D eigenvalue weighted by molar-refractivity contribution is 7.15. The van der Waals surface area contributed by atoms with E-state index in [1.54, 1.807) is 17.5 Å². The number of thiazole rings is 1. The molecule has 0 bridgehead atoms. The molecule has 2 heterocycles. The summed E-state index contributed by atoms with van der Waals surface area (Å²) in [7, 11) is 0. The fraction of sp³-hybridized carbons (Fsp3) is 0.0667. The highest BCUT2D eigenvalue weighted by Gasteiger charge is 2.23. The molecule has 3 aromatic rings. The van der Waals surface area contributed by atoms with Crippen LogP contribution in [0.15, 0.2) is 42.6 Å². The van der Waals surface area contributed by atoms with Gasteiger partial charge in [-0.2, -0.15) is 0 Å². The first-order chi connectivity index (χ1) is 9.33. The fourth-order valence-corrected chi connectivity index (χ4v) is 3.61. The quantitative estimate of drug-likeness (QED) is 0.574. The summed E-state index contributed by atoms with van der Waals surface area (Å²) in [6, 6.07) is 12.3. The van der Waals surface area contributed by atoms with Crippen LogP contribution in [0.1, 0.15) is 10.4 Å². The van der Waals surface area contributed by atoms with E-state index in [-0.39, 0.29) is 0 Å². The van der Waals surface area contributed by atoms with Crippen LogP contribution in [0.5, 0.6) is 0 Å². The van der Waals surface area contributed by atoms with Gasteiger partial charge in [-0.25, -0.2) is 9.97 Å². The highest BCUT2D eigenvalue weighted by Crippen LogP contribution is 2.42. The summed E-state index contributed by atoms with van der Waals surface area (Å²) >= 11 is 1.71. The molecule has 3 nitrogen and oxygen atoms in total. The number of benzene rings is 1. The molecule has 4 rings (SSSR count). The lowest BCUT2D eigenvalue weighted by atomic mass is 10.1. The van der Waals surface area contributed by atoms with Crippen LogP contribution in [0.2, 0.25) is 0 Å². The Labute approximate surface area is 114 Å². The number of aromatic nitrogens is 2. The van der Waals surface area contributed by atoms with Crippen molar-refractivity contribution in [1.29, 1.82) is 0 Å². The fourth-order valence-electron chi connectivity index (χ4n) is 2.47. The van der Waals surface area contributed by atoms with Gasteiger partial charge in [0.1, 0.15) is 10.8 Å². The lowest BCUT2D eigenvalue weighted by molar-refractivity contribution is 1.31. The molecule has 0 aliphatic heterocycles. The van der Waals surface area contributed by atoms with Crippen molar-refractivity contribution in [3.63, 3.8) is 0 Å². The van der Waals surface area contributed by atoms with Gasteiger partial charge < -0.3 is 5.73 Å². The van der Waals surface area contributed by atoms with Gasteiger partial charge in [0.05, 0.1) is 11.3 Å². The van der Waals surface area contributed by atoms with Crippen molar-refractivity contribution in [2.75, 3.05) is 5.73 Å². The minimum Gasteiger partial charge on any atom is -0.383 e. The highest BCUT2D eigenvalue weighted by atomic mass is 32.1. The number of hydrogen-bond acceptors (Lipinski definition) is 4. The van der Waals surface area contributed by atoms with Crippen LogP contribution in [0.3, 0.4) is 0 Å². The van der Waals surface area contributed by atoms with Crippen LogP contribution in [0.4, 0.5) is 5.82 Å². The average Bonchev–Trinajstić information content (AvgIpc) is 2.96. The van der Waals surface area contributed by atoms with E-state index in [2.05, 4.69) is 29.2 Å². The monoisotopic (exact) mass is 265 g/mol. The number of hydrogen-bond donors (Lipinski definition) is 1. The van der Waals surface area contributed by atoms with Crippen LogP contribution in [-0.2, 0) is 6.42 Å². The lowest BCUT2D eigenvalue weighted by Crippen LogP contribution is -1.92. The Hall–Kier alpha value is -2.20. The Kier molecular flexibility index (Phi) is 2.19. The first kappa shape index (κ1) is 10.7. The number of rotatable bonds is 1. The van der Waals surface area contributed by atoms with Crippen LogP contribution in [-0.4, -0.2) is 9.97 Å². The molecule has 0 radical (unpaired) electrons. The summed E-state index contributed by atoms with van der Waals surface area (Å²) in [5, 5.41) is 0.963. The van der Waals surface area contributed by atoms with Crippen molar-refractivity contribution in [3.8, 4) is 21.8 Å². The third-order valence-electron chi connectivity index (χ3n) is 3.39. The topological polar surface area (TPSA) is 51.8 Å². The zero-order valence-corrected chi connectivity index (χ0v) is 10.9. The molecule has 4 heteroatoms. The van der Waals surface area contributed by atoms with E-state index in [4.69, 9.17) is 10.7 Å². The van der Waals surface area contributed by atoms with E-state index < -0.39 is 0 Å². The maximum atomic E-state index is 5.92. The summed E-state index contributed by atoms with van der Waals surface area (Å²) in [5.41, 5.74) is 10.6. The third-order valence-corrected chi connectivity index (χ3v) is 4.48. The number of nitrogens with two attached hydrogens (primary N) is 1. The number of nitrogen functional groups attached to an aromatic ring is 1. The molecule has 1 aromatic carbocycles. The van der Waals surface area contributed by atoms with E-state index in [9.17, 15) is 0 Å². The summed E-state index contributed by atoms with van der Waals surface area (Å²) in [6.07, 6.45) is 2.68. The summed E-state index contributed by atoms with van der Waals surface area (Å²) in [5.74, 6) is 0.545. The second-order valence-corrected chi connectivity index (χ2v) is 5.64. The molecule has 19 heavy (non-hydrogen) atoms. The first-order valence-corrected chi connectivity index (χ1v) is 6.93. The number of nitrogens with zero attached hydrogens (tertiary/aromatic N) is 2. The molecular formula is C15H11N3S. The number of anilines is 1. The lowest BCUT2D eigenvalue weighted by Gasteiger charge is -2.01. The van der Waals surface area contributed by atoms with Crippen molar-refractivity contribution in [3.05, 3.63) is 53.0 Å². The second-order valence-electron chi connectivity index (χ2n) is 4.56. The Morgan fingerprint density at radius 2 is 1.89 bits per heavy atom. The molecular weight excluding hydrogens is 254 g/mol. The zero-order chi connectivity index (χ0) is 12.8. The smallest absolute Gasteiger partial charge is 0.133 e. The normalized spacial score (nSPS) is 12.2. The van der Waals surface area contributed by atoms with Gasteiger partial charge in [-0.3, -0.25) is 0 Å². The zero-order valence-electron chi connectivity index (χ0n) is 10.1. The van der Waals surface area contributed by atoms with Crippen molar-refractivity contribution < 1.29 is 0 Å². The van der Waals surface area contributed by atoms with Gasteiger partial charge in [-0.15, -0.1) is 11.3 Å². The molecule has 0 spiro atoms. The van der Waals surface area contributed by atoms with Crippen molar-refractivity contribution in [2.24, 2.45) is 0 Å². The van der Waals surface area contributed by atoms with Crippen LogP contribution in [0, 0.1) is 0 Å². The minimum atomic E-state index is 0.545. The first-order valence-electron chi connectivity index (χ1n) is 6.12. The summed E-state index contributed by atoms with van der Waals surface area (Å²) in [6.45, 7) is 0. The molecule has 0 amide bonds. The average molecular weight is 265 g/mol. The summed E-state index contributed by atoms with van der Waals surface area (Å²) < 4.78 is 0. The van der Waals surface area contributed by atoms with Gasteiger partial charge in [0, 0.05) is 23.1 Å². The number of pyridine rings is 1. The maximum absolute atomic E-state index is 5.92. The standard InChI is InChI=1S/C15H11N3S/c16-14-11(6-3-7-17-14)15-18-13-10-5-2-1-4-9(10)8-12(13)19-15/h1-7H,8H2,(H2,16,17). The Bertz CT molecular complexity index is 777. The van der Waals surface area contributed by atoms with Gasteiger partial charge >= 0.3 is 0 Å². The van der Waals surface area contributed by atoms with Gasteiger partial charge in [0.2, 0.25) is 0 Å². The molecule has 2 N–H and O–H groups in total. The molecule has 0 saturated carbocycles. The van der Waals surface area contributed by atoms with E-state index in [1.807, 2.05) is 12.1 Å². The van der Waals surface area contributed by atoms with Gasteiger partial charge in [-0.1, -0.05) is 24.3 Å². The van der Waals surface area contributed by atoms with E-state index in [0.29, 0.717) is 5.82 Å². The molecule has 0 atom stereocenters. The molecule has 1 aliphatic carbocycles. The van der Waals surface area contributed by atoms with E-state index >= 15 is 0 Å². The third kappa shape index (κ3) is 1.57. The predicted octanol–water partition coefficient (Wildman–Crippen LogP) is 3.36. The largest absolute Gasteiger partial charge is 0.383 e. The number of fused-ring (bicyclic) bond motifs is 3. The Morgan fingerprint density at radius 1 is 1.05 bits per heavy atom. The van der Waals surface area contributed by atoms with Crippen LogP contribution < -0.4 is 5.73 Å². The van der Waals surface area contributed by atoms with Gasteiger partial charge in [0.25, 0.3) is 0 Å². The molecule has 0 fully saturated rings. The second kappa shape index (κ2) is 3.90. The maximum Gasteiger partial charge on any atom is 0.133 e. The van der Waals surface area contributed by atoms with E-state index in [0.717, 1.165) is 22.7 Å². The molecule has 0 unspecified atom stereocenters. The van der Waals surface area contributed by atoms with Crippen molar-refractivity contribution >= 4 is 17.2 Å². The van der Waals surface area contributed by atoms with Crippen molar-refractivity contribution in [2.45, 2.75) is 6.42 Å². The van der Waals surface area contributed by atoms with Gasteiger partial charge in [-0.05, 0) is 17.7 Å². The van der Waals surface area contributed by atoms with Gasteiger partial charge in [0.15, 0.2) is 0 Å². The Morgan fingerprint density at radius 3 is 2.79 bits per heavy atom. The molecule has 0 saturated heterocycles. The molecule has 1 aliphatic rings. The van der Waals surface area contributed by atoms with Crippen LogP contribution in [0.25, 0.3) is 21.8 Å². The molecule has 2 aromatic heterocycles. The van der Waals surface area contributed by atoms with E-state index in [1.165, 1.54) is 16.0 Å². The minimum absolute atomic E-state index is 0.545. The molecule has 92 valence electrons.